The number of aromatic nitrogens is 3. The molecule has 7 nitrogen and oxygen atoms in total. The normalized spacial score (nSPS) is 15.0. The number of thiophene rings is 2. The van der Waals surface area contributed by atoms with Gasteiger partial charge in [0.15, 0.2) is 11.0 Å². The van der Waals surface area contributed by atoms with Gasteiger partial charge in [0, 0.05) is 27.2 Å². The molecule has 35 heavy (non-hydrogen) atoms. The summed E-state index contributed by atoms with van der Waals surface area (Å²) in [6, 6.07) is 2.16. The second kappa shape index (κ2) is 11.5. The van der Waals surface area contributed by atoms with Gasteiger partial charge in [0.05, 0.1) is 18.4 Å². The van der Waals surface area contributed by atoms with Crippen molar-refractivity contribution >= 4 is 51.3 Å². The van der Waals surface area contributed by atoms with Gasteiger partial charge in [-0.25, -0.2) is 4.79 Å². The molecule has 0 spiro atoms. The third-order valence-electron chi connectivity index (χ3n) is 5.92. The number of carbonyl (C=O) groups excluding carboxylic acids is 2. The molecule has 0 radical (unpaired) electrons. The number of nitrogens with zero attached hydrogens (tertiary/aromatic N) is 3. The van der Waals surface area contributed by atoms with E-state index in [9.17, 15) is 9.59 Å². The van der Waals surface area contributed by atoms with Gasteiger partial charge in [0.1, 0.15) is 5.00 Å². The minimum atomic E-state index is -0.395. The molecule has 0 saturated carbocycles. The molecule has 3 aromatic heterocycles. The Morgan fingerprint density at radius 3 is 2.97 bits per heavy atom. The highest BCUT2D eigenvalue weighted by Crippen LogP contribution is 2.40. The summed E-state index contributed by atoms with van der Waals surface area (Å²) in [5.74, 6) is 0.910. The van der Waals surface area contributed by atoms with Crippen LogP contribution in [-0.2, 0) is 35.3 Å². The van der Waals surface area contributed by atoms with Crippen molar-refractivity contribution in [1.29, 1.82) is 0 Å². The van der Waals surface area contributed by atoms with Crippen LogP contribution in [0.15, 0.2) is 29.3 Å². The topological polar surface area (TPSA) is 86.1 Å². The molecule has 1 aliphatic carbocycles. The van der Waals surface area contributed by atoms with Gasteiger partial charge >= 0.3 is 5.97 Å². The summed E-state index contributed by atoms with van der Waals surface area (Å²) in [7, 11) is 1.38. The van der Waals surface area contributed by atoms with Crippen LogP contribution in [0, 0.1) is 5.92 Å². The van der Waals surface area contributed by atoms with Crippen LogP contribution in [-0.4, -0.2) is 39.5 Å². The lowest BCUT2D eigenvalue weighted by atomic mass is 9.88. The van der Waals surface area contributed by atoms with Gasteiger partial charge in [-0.2, -0.15) is 0 Å². The highest BCUT2D eigenvalue weighted by molar-refractivity contribution is 7.99. The second-order valence-corrected chi connectivity index (χ2v) is 11.7. The number of anilines is 1. The number of rotatable bonds is 10. The molecule has 3 aromatic rings. The number of methoxy groups -OCH3 is 1. The largest absolute Gasteiger partial charge is 0.465 e. The van der Waals surface area contributed by atoms with Crippen molar-refractivity contribution in [3.05, 3.63) is 45.0 Å². The Hall–Kier alpha value is -2.43. The Morgan fingerprint density at radius 2 is 2.23 bits per heavy atom. The molecule has 1 N–H and O–H groups in total. The van der Waals surface area contributed by atoms with E-state index < -0.39 is 5.97 Å². The number of fused-ring (bicyclic) bond motifs is 1. The summed E-state index contributed by atoms with van der Waals surface area (Å²) in [5, 5.41) is 15.0. The standard InChI is InChI=1S/C25H30N4O3S3/c1-5-7-17-12-16(13-33-17)22-27-28-25(29(22)10-6-2)34-14-20(30)26-23-21(24(31)32-4)18-9-8-15(3)11-19(18)35-23/h6,12-13,15H,2,5,7-11,14H2,1,3-4H3,(H,26,30). The first-order valence-corrected chi connectivity index (χ1v) is 14.4. The molecule has 0 fully saturated rings. The average molecular weight is 531 g/mol. The van der Waals surface area contributed by atoms with E-state index in [1.165, 1.54) is 40.0 Å². The lowest BCUT2D eigenvalue weighted by Crippen LogP contribution is -2.17. The summed E-state index contributed by atoms with van der Waals surface area (Å²) in [4.78, 5) is 27.9. The lowest BCUT2D eigenvalue weighted by Gasteiger charge is -2.18. The van der Waals surface area contributed by atoms with Gasteiger partial charge < -0.3 is 10.1 Å². The average Bonchev–Trinajstić information content (AvgIpc) is 3.54. The summed E-state index contributed by atoms with van der Waals surface area (Å²) in [6.07, 6.45) is 6.72. The van der Waals surface area contributed by atoms with Crippen molar-refractivity contribution in [3.63, 3.8) is 0 Å². The van der Waals surface area contributed by atoms with Crippen LogP contribution < -0.4 is 5.32 Å². The maximum atomic E-state index is 12.9. The number of allylic oxidation sites excluding steroid dienone is 1. The molecule has 0 aromatic carbocycles. The summed E-state index contributed by atoms with van der Waals surface area (Å²) in [5.41, 5.74) is 2.57. The zero-order valence-electron chi connectivity index (χ0n) is 20.3. The van der Waals surface area contributed by atoms with E-state index in [1.807, 2.05) is 4.57 Å². The Bertz CT molecular complexity index is 1230. The van der Waals surface area contributed by atoms with Gasteiger partial charge in [-0.1, -0.05) is 38.1 Å². The number of carbonyl (C=O) groups is 2. The Labute approximate surface area is 218 Å². The molecular weight excluding hydrogens is 501 g/mol. The predicted molar refractivity (Wildman–Crippen MR) is 144 cm³/mol. The molecule has 1 aliphatic rings. The van der Waals surface area contributed by atoms with Crippen molar-refractivity contribution < 1.29 is 14.3 Å². The SMILES string of the molecule is C=CCn1c(SCC(=O)Nc2sc3c(c2C(=O)OC)CCC(C)C3)nnc1-c1csc(CCC)c1. The smallest absolute Gasteiger partial charge is 0.341 e. The van der Waals surface area contributed by atoms with Crippen LogP contribution >= 0.6 is 34.4 Å². The highest BCUT2D eigenvalue weighted by atomic mass is 32.2. The Balaban J connectivity index is 1.49. The number of hydrogen-bond acceptors (Lipinski definition) is 8. The number of aryl methyl sites for hydroxylation is 1. The van der Waals surface area contributed by atoms with Crippen molar-refractivity contribution in [2.24, 2.45) is 5.92 Å². The van der Waals surface area contributed by atoms with Crippen LogP contribution in [0.25, 0.3) is 11.4 Å². The zero-order valence-corrected chi connectivity index (χ0v) is 22.7. The molecular formula is C25H30N4O3S3. The fourth-order valence-corrected chi connectivity index (χ4v) is 7.36. The van der Waals surface area contributed by atoms with Gasteiger partial charge in [0.25, 0.3) is 0 Å². The summed E-state index contributed by atoms with van der Waals surface area (Å²) >= 11 is 4.54. The minimum Gasteiger partial charge on any atom is -0.465 e. The fourth-order valence-electron chi connectivity index (χ4n) is 4.23. The number of esters is 1. The van der Waals surface area contributed by atoms with Crippen LogP contribution in [0.2, 0.25) is 0 Å². The molecule has 1 unspecified atom stereocenters. The quantitative estimate of drug-likeness (QED) is 0.201. The zero-order chi connectivity index (χ0) is 24.9. The summed E-state index contributed by atoms with van der Waals surface area (Å²) in [6.45, 7) is 8.79. The second-order valence-electron chi connectivity index (χ2n) is 8.64. The van der Waals surface area contributed by atoms with Crippen LogP contribution in [0.4, 0.5) is 5.00 Å². The van der Waals surface area contributed by atoms with Crippen molar-refractivity contribution in [2.45, 2.75) is 57.7 Å². The Kier molecular flexibility index (Phi) is 8.46. The van der Waals surface area contributed by atoms with E-state index in [4.69, 9.17) is 4.74 Å². The number of thioether (sulfide) groups is 1. The first-order valence-electron chi connectivity index (χ1n) is 11.7. The molecule has 186 valence electrons. The van der Waals surface area contributed by atoms with Crippen LogP contribution in [0.5, 0.6) is 0 Å². The molecule has 0 saturated heterocycles. The van der Waals surface area contributed by atoms with Gasteiger partial charge in [-0.3, -0.25) is 9.36 Å². The van der Waals surface area contributed by atoms with Gasteiger partial charge in [-0.15, -0.1) is 39.4 Å². The predicted octanol–water partition coefficient (Wildman–Crippen LogP) is 5.85. The third kappa shape index (κ3) is 5.70. The number of nitrogens with one attached hydrogen (secondary N) is 1. The number of ether oxygens (including phenoxy) is 1. The van der Waals surface area contributed by atoms with Crippen LogP contribution in [0.3, 0.4) is 0 Å². The van der Waals surface area contributed by atoms with Crippen molar-refractivity contribution in [3.8, 4) is 11.4 Å². The highest BCUT2D eigenvalue weighted by Gasteiger charge is 2.29. The minimum absolute atomic E-state index is 0.152. The third-order valence-corrected chi connectivity index (χ3v) is 9.06. The molecule has 4 rings (SSSR count). The van der Waals surface area contributed by atoms with Crippen LogP contribution in [0.1, 0.15) is 52.4 Å². The van der Waals surface area contributed by atoms with E-state index >= 15 is 0 Å². The van der Waals surface area contributed by atoms with Gasteiger partial charge in [-0.05, 0) is 43.2 Å². The molecule has 0 aliphatic heterocycles. The van der Waals surface area contributed by atoms with E-state index in [-0.39, 0.29) is 11.7 Å². The molecule has 1 atom stereocenters. The van der Waals surface area contributed by atoms with E-state index in [0.717, 1.165) is 49.1 Å². The number of amides is 1. The first-order chi connectivity index (χ1) is 16.9. The van der Waals surface area contributed by atoms with E-state index in [0.29, 0.717) is 28.2 Å². The van der Waals surface area contributed by atoms with E-state index in [1.54, 1.807) is 17.4 Å². The fraction of sp³-hybridized carbons (Fsp3) is 0.440. The van der Waals surface area contributed by atoms with E-state index in [2.05, 4.69) is 47.4 Å². The van der Waals surface area contributed by atoms with Gasteiger partial charge in [0.2, 0.25) is 5.91 Å². The first kappa shape index (κ1) is 25.7. The lowest BCUT2D eigenvalue weighted by molar-refractivity contribution is -0.113. The molecule has 10 heteroatoms. The monoisotopic (exact) mass is 530 g/mol. The maximum Gasteiger partial charge on any atom is 0.341 e. The molecule has 0 bridgehead atoms. The Morgan fingerprint density at radius 1 is 1.40 bits per heavy atom. The van der Waals surface area contributed by atoms with Crippen molar-refractivity contribution in [1.82, 2.24) is 14.8 Å². The number of hydrogen-bond donors (Lipinski definition) is 1. The summed E-state index contributed by atoms with van der Waals surface area (Å²) < 4.78 is 7.00. The molecule has 3 heterocycles. The molecule has 1 amide bonds. The van der Waals surface area contributed by atoms with Crippen molar-refractivity contribution in [2.75, 3.05) is 18.2 Å². The maximum absolute atomic E-state index is 12.9.